The summed E-state index contributed by atoms with van der Waals surface area (Å²) in [5.74, 6) is 0.171. The number of likely N-dealkylation sites (tertiary alicyclic amines) is 1. The number of hydrogen-bond donors (Lipinski definition) is 1. The zero-order chi connectivity index (χ0) is 12.6. The molecule has 17 heavy (non-hydrogen) atoms. The Bertz CT molecular complexity index is 422. The van der Waals surface area contributed by atoms with Gasteiger partial charge in [0.2, 0.25) is 5.91 Å². The van der Waals surface area contributed by atoms with Crippen molar-refractivity contribution in [2.45, 2.75) is 39.3 Å². The van der Waals surface area contributed by atoms with E-state index < -0.39 is 0 Å². The first-order valence-corrected chi connectivity index (χ1v) is 6.16. The molecule has 3 heteroatoms. The summed E-state index contributed by atoms with van der Waals surface area (Å²) in [4.78, 5) is 13.7. The van der Waals surface area contributed by atoms with Crippen molar-refractivity contribution in [3.8, 4) is 0 Å². The number of benzene rings is 1. The predicted molar refractivity (Wildman–Crippen MR) is 68.6 cm³/mol. The number of nitrogens with zero attached hydrogens (tertiary/aromatic N) is 1. The molecule has 1 amide bonds. The van der Waals surface area contributed by atoms with Crippen LogP contribution in [0.1, 0.15) is 36.1 Å². The minimum absolute atomic E-state index is 0.0473. The number of amides is 1. The fourth-order valence-corrected chi connectivity index (χ4v) is 2.80. The Balaban J connectivity index is 2.40. The molecular formula is C14H20N2O. The first-order valence-electron chi connectivity index (χ1n) is 6.16. The minimum Gasteiger partial charge on any atom is -0.334 e. The summed E-state index contributed by atoms with van der Waals surface area (Å²) in [5.41, 5.74) is 9.72. The van der Waals surface area contributed by atoms with E-state index in [4.69, 9.17) is 5.73 Å². The van der Waals surface area contributed by atoms with E-state index in [2.05, 4.69) is 32.0 Å². The van der Waals surface area contributed by atoms with Crippen LogP contribution in [0.3, 0.4) is 0 Å². The Labute approximate surface area is 103 Å². The molecule has 0 spiro atoms. The molecule has 1 aliphatic rings. The lowest BCUT2D eigenvalue weighted by atomic mass is 9.97. The van der Waals surface area contributed by atoms with Gasteiger partial charge in [0.15, 0.2) is 0 Å². The van der Waals surface area contributed by atoms with Crippen molar-refractivity contribution in [3.05, 3.63) is 34.9 Å². The summed E-state index contributed by atoms with van der Waals surface area (Å²) in [6.45, 7) is 6.89. The highest BCUT2D eigenvalue weighted by Gasteiger charge is 2.37. The summed E-state index contributed by atoms with van der Waals surface area (Å²) < 4.78 is 0. The molecule has 1 aromatic carbocycles. The van der Waals surface area contributed by atoms with Gasteiger partial charge < -0.3 is 10.6 Å². The lowest BCUT2D eigenvalue weighted by molar-refractivity contribution is -0.128. The molecule has 3 nitrogen and oxygen atoms in total. The summed E-state index contributed by atoms with van der Waals surface area (Å²) >= 11 is 0. The van der Waals surface area contributed by atoms with E-state index in [1.54, 1.807) is 0 Å². The van der Waals surface area contributed by atoms with Crippen molar-refractivity contribution < 1.29 is 4.79 Å². The number of aryl methyl sites for hydroxylation is 2. The van der Waals surface area contributed by atoms with Crippen LogP contribution in [0.15, 0.2) is 18.2 Å². The van der Waals surface area contributed by atoms with Crippen LogP contribution in [0, 0.1) is 13.8 Å². The van der Waals surface area contributed by atoms with Gasteiger partial charge in [-0.3, -0.25) is 4.79 Å². The molecule has 1 saturated heterocycles. The Hall–Kier alpha value is -1.35. The first-order chi connectivity index (χ1) is 8.02. The van der Waals surface area contributed by atoms with Crippen LogP contribution in [-0.4, -0.2) is 23.4 Å². The maximum Gasteiger partial charge on any atom is 0.224 e. The van der Waals surface area contributed by atoms with Crippen LogP contribution in [0.2, 0.25) is 0 Å². The molecule has 2 atom stereocenters. The SMILES string of the molecule is CCN1C(=O)C[C@H](N)[C@H]1c1cc(C)cc(C)c1. The molecule has 0 unspecified atom stereocenters. The van der Waals surface area contributed by atoms with Gasteiger partial charge in [-0.1, -0.05) is 29.3 Å². The van der Waals surface area contributed by atoms with Gasteiger partial charge in [-0.15, -0.1) is 0 Å². The van der Waals surface area contributed by atoms with Gasteiger partial charge in [0.1, 0.15) is 0 Å². The molecule has 92 valence electrons. The average molecular weight is 232 g/mol. The van der Waals surface area contributed by atoms with Gasteiger partial charge in [0.05, 0.1) is 6.04 Å². The second-order valence-corrected chi connectivity index (χ2v) is 4.91. The topological polar surface area (TPSA) is 46.3 Å². The third-order valence-corrected chi connectivity index (χ3v) is 3.40. The monoisotopic (exact) mass is 232 g/mol. The van der Waals surface area contributed by atoms with Crippen molar-refractivity contribution >= 4 is 5.91 Å². The van der Waals surface area contributed by atoms with Gasteiger partial charge in [-0.05, 0) is 26.3 Å². The van der Waals surface area contributed by atoms with Crippen LogP contribution in [-0.2, 0) is 4.79 Å². The van der Waals surface area contributed by atoms with E-state index in [-0.39, 0.29) is 18.0 Å². The Kier molecular flexibility index (Phi) is 3.20. The summed E-state index contributed by atoms with van der Waals surface area (Å²) in [5, 5.41) is 0. The molecule has 0 aromatic heterocycles. The van der Waals surface area contributed by atoms with Gasteiger partial charge in [-0.2, -0.15) is 0 Å². The van der Waals surface area contributed by atoms with Crippen molar-refractivity contribution in [1.82, 2.24) is 4.90 Å². The molecule has 1 aliphatic heterocycles. The highest BCUT2D eigenvalue weighted by molar-refractivity contribution is 5.80. The standard InChI is InChI=1S/C14H20N2O/c1-4-16-13(17)8-12(15)14(16)11-6-9(2)5-10(3)7-11/h5-7,12,14H,4,8,15H2,1-3H3/t12-,14+/m0/s1. The molecule has 2 N–H and O–H groups in total. The van der Waals surface area contributed by atoms with E-state index in [9.17, 15) is 4.79 Å². The number of likely N-dealkylation sites (N-methyl/N-ethyl adjacent to an activating group) is 1. The zero-order valence-corrected chi connectivity index (χ0v) is 10.7. The van der Waals surface area contributed by atoms with E-state index in [0.717, 1.165) is 6.54 Å². The molecule has 2 rings (SSSR count). The summed E-state index contributed by atoms with van der Waals surface area (Å²) in [6, 6.07) is 6.38. The molecular weight excluding hydrogens is 212 g/mol. The van der Waals surface area contributed by atoms with Crippen molar-refractivity contribution in [3.63, 3.8) is 0 Å². The minimum atomic E-state index is -0.0800. The van der Waals surface area contributed by atoms with Gasteiger partial charge in [0, 0.05) is 19.0 Å². The predicted octanol–water partition coefficient (Wildman–Crippen LogP) is 1.92. The van der Waals surface area contributed by atoms with Gasteiger partial charge in [0.25, 0.3) is 0 Å². The van der Waals surface area contributed by atoms with Gasteiger partial charge >= 0.3 is 0 Å². The van der Waals surface area contributed by atoms with Crippen LogP contribution in [0.4, 0.5) is 0 Å². The highest BCUT2D eigenvalue weighted by Crippen LogP contribution is 2.32. The van der Waals surface area contributed by atoms with Crippen LogP contribution < -0.4 is 5.73 Å². The first kappa shape index (κ1) is 12.1. The third kappa shape index (κ3) is 2.20. The fraction of sp³-hybridized carbons (Fsp3) is 0.500. The quantitative estimate of drug-likeness (QED) is 0.846. The highest BCUT2D eigenvalue weighted by atomic mass is 16.2. The average Bonchev–Trinajstić information content (AvgIpc) is 2.51. The fourth-order valence-electron chi connectivity index (χ4n) is 2.80. The normalized spacial score (nSPS) is 24.5. The van der Waals surface area contributed by atoms with Crippen LogP contribution >= 0.6 is 0 Å². The van der Waals surface area contributed by atoms with Crippen molar-refractivity contribution in [2.24, 2.45) is 5.73 Å². The van der Waals surface area contributed by atoms with E-state index in [0.29, 0.717) is 6.42 Å². The number of nitrogens with two attached hydrogens (primary N) is 1. The van der Waals surface area contributed by atoms with E-state index >= 15 is 0 Å². The molecule has 1 aromatic rings. The number of rotatable bonds is 2. The lowest BCUT2D eigenvalue weighted by Gasteiger charge is -2.26. The molecule has 1 heterocycles. The van der Waals surface area contributed by atoms with Crippen molar-refractivity contribution in [2.75, 3.05) is 6.54 Å². The number of hydrogen-bond acceptors (Lipinski definition) is 2. The zero-order valence-electron chi connectivity index (χ0n) is 10.7. The second kappa shape index (κ2) is 4.49. The molecule has 0 radical (unpaired) electrons. The summed E-state index contributed by atoms with van der Waals surface area (Å²) in [7, 11) is 0. The smallest absolute Gasteiger partial charge is 0.224 e. The molecule has 0 bridgehead atoms. The maximum absolute atomic E-state index is 11.8. The third-order valence-electron chi connectivity index (χ3n) is 3.40. The lowest BCUT2D eigenvalue weighted by Crippen LogP contribution is -2.33. The Morgan fingerprint density at radius 1 is 1.29 bits per heavy atom. The van der Waals surface area contributed by atoms with Crippen molar-refractivity contribution in [1.29, 1.82) is 0 Å². The van der Waals surface area contributed by atoms with Crippen LogP contribution in [0.25, 0.3) is 0 Å². The molecule has 0 saturated carbocycles. The second-order valence-electron chi connectivity index (χ2n) is 4.91. The summed E-state index contributed by atoms with van der Waals surface area (Å²) in [6.07, 6.45) is 0.464. The van der Waals surface area contributed by atoms with Gasteiger partial charge in [-0.25, -0.2) is 0 Å². The molecule has 1 fully saturated rings. The Morgan fingerprint density at radius 2 is 1.88 bits per heavy atom. The maximum atomic E-state index is 11.8. The molecule has 0 aliphatic carbocycles. The number of carbonyl (C=O) groups is 1. The van der Waals surface area contributed by atoms with Crippen LogP contribution in [0.5, 0.6) is 0 Å². The Morgan fingerprint density at radius 3 is 2.41 bits per heavy atom. The van der Waals surface area contributed by atoms with E-state index in [1.165, 1.54) is 16.7 Å². The number of carbonyl (C=O) groups excluding carboxylic acids is 1. The largest absolute Gasteiger partial charge is 0.334 e. The van der Waals surface area contributed by atoms with E-state index in [1.807, 2.05) is 11.8 Å².